The number of carbonyl (C=O) groups excluding carboxylic acids is 1. The van der Waals surface area contributed by atoms with Crippen molar-refractivity contribution in [3.8, 4) is 23.1 Å². The summed E-state index contributed by atoms with van der Waals surface area (Å²) >= 11 is 0. The number of furan rings is 1. The molecule has 6 rings (SSSR count). The molecular weight excluding hydrogens is 444 g/mol. The number of imidazole rings is 1. The lowest BCUT2D eigenvalue weighted by molar-refractivity contribution is 0.0774. The Balaban J connectivity index is 1.21. The Hall–Kier alpha value is -4.07. The van der Waals surface area contributed by atoms with Crippen molar-refractivity contribution in [2.45, 2.75) is 31.8 Å². The van der Waals surface area contributed by atoms with Gasteiger partial charge in [-0.3, -0.25) is 9.79 Å². The van der Waals surface area contributed by atoms with Crippen LogP contribution in [0.1, 0.15) is 29.6 Å². The third-order valence-electron chi connectivity index (χ3n) is 6.64. The zero-order valence-electron chi connectivity index (χ0n) is 19.5. The van der Waals surface area contributed by atoms with Gasteiger partial charge in [-0.15, -0.1) is 0 Å². The fraction of sp³-hybridized carbons (Fsp3) is 0.296. The highest BCUT2D eigenvalue weighted by Crippen LogP contribution is 2.38. The summed E-state index contributed by atoms with van der Waals surface area (Å²) in [5.74, 6) is 2.65. The highest BCUT2D eigenvalue weighted by molar-refractivity contribution is 6.03. The molecule has 8 nitrogen and oxygen atoms in total. The third-order valence-corrected chi connectivity index (χ3v) is 6.64. The van der Waals surface area contributed by atoms with Crippen molar-refractivity contribution < 1.29 is 18.7 Å². The fourth-order valence-corrected chi connectivity index (χ4v) is 4.92. The van der Waals surface area contributed by atoms with E-state index in [1.807, 2.05) is 47.5 Å². The van der Waals surface area contributed by atoms with Gasteiger partial charge in [0.1, 0.15) is 0 Å². The smallest absolute Gasteiger partial charge is 0.256 e. The van der Waals surface area contributed by atoms with Crippen LogP contribution in [0.2, 0.25) is 0 Å². The minimum atomic E-state index is 0.00212. The number of ether oxygens (including phenoxy) is 2. The van der Waals surface area contributed by atoms with E-state index in [1.54, 1.807) is 19.4 Å². The van der Waals surface area contributed by atoms with Gasteiger partial charge in [0.25, 0.3) is 5.91 Å². The molecule has 0 saturated carbocycles. The van der Waals surface area contributed by atoms with E-state index >= 15 is 0 Å². The van der Waals surface area contributed by atoms with Crippen molar-refractivity contribution in [3.05, 3.63) is 60.4 Å². The topological polar surface area (TPSA) is 82.1 Å². The van der Waals surface area contributed by atoms with Crippen molar-refractivity contribution in [2.24, 2.45) is 4.99 Å². The molecule has 0 spiro atoms. The second-order valence-electron chi connectivity index (χ2n) is 8.76. The number of hydrogen-bond acceptors (Lipinski definition) is 6. The quantitative estimate of drug-likeness (QED) is 0.351. The summed E-state index contributed by atoms with van der Waals surface area (Å²) in [5.41, 5.74) is 3.16. The number of hydrogen-bond donors (Lipinski definition) is 0. The molecule has 0 bridgehead atoms. The predicted octanol–water partition coefficient (Wildman–Crippen LogP) is 5.09. The number of amides is 1. The van der Waals surface area contributed by atoms with E-state index in [0.717, 1.165) is 48.4 Å². The number of aryl methyl sites for hydroxylation is 1. The van der Waals surface area contributed by atoms with Crippen molar-refractivity contribution in [2.75, 3.05) is 20.3 Å². The molecule has 1 amide bonds. The molecule has 2 aliphatic heterocycles. The lowest BCUT2D eigenvalue weighted by Gasteiger charge is -2.20. The average Bonchev–Trinajstić information content (AvgIpc) is 3.63. The SMILES string of the molecule is COc1cc2c(cc1OCCCn1c(-c3ccco3)nc3ccccc31)N=C[C@@H]1CCCN1C2=O. The first-order valence-corrected chi connectivity index (χ1v) is 11.9. The monoisotopic (exact) mass is 470 g/mol. The maximum Gasteiger partial charge on any atom is 0.256 e. The van der Waals surface area contributed by atoms with Crippen LogP contribution in [0.4, 0.5) is 5.69 Å². The summed E-state index contributed by atoms with van der Waals surface area (Å²) < 4.78 is 19.5. The number of benzene rings is 2. The maximum absolute atomic E-state index is 13.1. The first kappa shape index (κ1) is 21.5. The normalized spacial score (nSPS) is 16.9. The molecule has 4 heterocycles. The molecule has 2 aliphatic rings. The molecule has 0 radical (unpaired) electrons. The van der Waals surface area contributed by atoms with Crippen molar-refractivity contribution in [3.63, 3.8) is 0 Å². The van der Waals surface area contributed by atoms with Crippen molar-refractivity contribution in [1.29, 1.82) is 0 Å². The van der Waals surface area contributed by atoms with Crippen molar-refractivity contribution in [1.82, 2.24) is 14.5 Å². The van der Waals surface area contributed by atoms with E-state index in [2.05, 4.69) is 15.6 Å². The van der Waals surface area contributed by atoms with Gasteiger partial charge in [0.15, 0.2) is 23.1 Å². The van der Waals surface area contributed by atoms with Crippen LogP contribution in [-0.4, -0.2) is 52.9 Å². The van der Waals surface area contributed by atoms with E-state index in [9.17, 15) is 4.79 Å². The lowest BCUT2D eigenvalue weighted by atomic mass is 10.1. The molecule has 0 unspecified atom stereocenters. The molecule has 0 N–H and O–H groups in total. The number of methoxy groups -OCH3 is 1. The van der Waals surface area contributed by atoms with E-state index in [4.69, 9.17) is 18.9 Å². The van der Waals surface area contributed by atoms with Gasteiger partial charge >= 0.3 is 0 Å². The predicted molar refractivity (Wildman–Crippen MR) is 133 cm³/mol. The molecule has 1 fully saturated rings. The van der Waals surface area contributed by atoms with Gasteiger partial charge in [0, 0.05) is 25.4 Å². The van der Waals surface area contributed by atoms with Gasteiger partial charge in [-0.25, -0.2) is 4.98 Å². The first-order chi connectivity index (χ1) is 17.2. The van der Waals surface area contributed by atoms with Crippen LogP contribution < -0.4 is 9.47 Å². The average molecular weight is 471 g/mol. The molecule has 8 heteroatoms. The Morgan fingerprint density at radius 3 is 2.91 bits per heavy atom. The minimum Gasteiger partial charge on any atom is -0.493 e. The summed E-state index contributed by atoms with van der Waals surface area (Å²) in [7, 11) is 1.59. The number of aromatic nitrogens is 2. The first-order valence-electron chi connectivity index (χ1n) is 11.9. The second kappa shape index (κ2) is 8.94. The molecule has 2 aromatic heterocycles. The highest BCUT2D eigenvalue weighted by atomic mass is 16.5. The molecule has 0 aliphatic carbocycles. The van der Waals surface area contributed by atoms with E-state index < -0.39 is 0 Å². The molecule has 1 saturated heterocycles. The summed E-state index contributed by atoms with van der Waals surface area (Å²) in [6, 6.07) is 15.5. The lowest BCUT2D eigenvalue weighted by Crippen LogP contribution is -2.35. The number of fused-ring (bicyclic) bond motifs is 3. The standard InChI is InChI=1S/C27H26N4O4/c1-33-24-15-19-21(28-17-18-7-4-11-30(18)27(19)32)16-25(24)35-14-6-12-31-22-9-3-2-8-20(22)29-26(31)23-10-5-13-34-23/h2-3,5,8-10,13,15-18H,4,6-7,11-12,14H2,1H3/t18-/m0/s1. The van der Waals surface area contributed by atoms with Crippen LogP contribution >= 0.6 is 0 Å². The Morgan fingerprint density at radius 1 is 1.14 bits per heavy atom. The summed E-state index contributed by atoms with van der Waals surface area (Å²) in [4.78, 5) is 24.3. The van der Waals surface area contributed by atoms with Crippen LogP contribution in [0.5, 0.6) is 11.5 Å². The molecule has 35 heavy (non-hydrogen) atoms. The largest absolute Gasteiger partial charge is 0.493 e. The van der Waals surface area contributed by atoms with Crippen LogP contribution in [0.25, 0.3) is 22.6 Å². The summed E-state index contributed by atoms with van der Waals surface area (Å²) in [5, 5.41) is 0. The maximum atomic E-state index is 13.1. The van der Waals surface area contributed by atoms with Gasteiger partial charge in [-0.2, -0.15) is 0 Å². The molecule has 4 aromatic rings. The number of carbonyl (C=O) groups is 1. The minimum absolute atomic E-state index is 0.00212. The molecule has 178 valence electrons. The Kier molecular flexibility index (Phi) is 5.48. The molecule has 2 aromatic carbocycles. The molecule has 1 atom stereocenters. The van der Waals surface area contributed by atoms with Crippen molar-refractivity contribution >= 4 is 28.8 Å². The van der Waals surface area contributed by atoms with Crippen LogP contribution in [0.3, 0.4) is 0 Å². The number of rotatable bonds is 7. The van der Waals surface area contributed by atoms with Gasteiger partial charge in [-0.1, -0.05) is 12.1 Å². The second-order valence-corrected chi connectivity index (χ2v) is 8.76. The van der Waals surface area contributed by atoms with Gasteiger partial charge in [0.05, 0.1) is 48.3 Å². The Bertz CT molecular complexity index is 1410. The zero-order valence-corrected chi connectivity index (χ0v) is 19.5. The molecular formula is C27H26N4O4. The third kappa shape index (κ3) is 3.84. The van der Waals surface area contributed by atoms with Crippen LogP contribution in [0.15, 0.2) is 64.2 Å². The van der Waals surface area contributed by atoms with Crippen LogP contribution in [0, 0.1) is 0 Å². The van der Waals surface area contributed by atoms with Gasteiger partial charge in [-0.05, 0) is 49.6 Å². The zero-order chi connectivity index (χ0) is 23.8. The Labute approximate surface area is 202 Å². The fourth-order valence-electron chi connectivity index (χ4n) is 4.92. The highest BCUT2D eigenvalue weighted by Gasteiger charge is 2.32. The van der Waals surface area contributed by atoms with E-state index in [1.165, 1.54) is 0 Å². The Morgan fingerprint density at radius 2 is 2.06 bits per heavy atom. The van der Waals surface area contributed by atoms with Crippen LogP contribution in [-0.2, 0) is 6.54 Å². The van der Waals surface area contributed by atoms with E-state index in [0.29, 0.717) is 35.9 Å². The van der Waals surface area contributed by atoms with Gasteiger partial charge < -0.3 is 23.4 Å². The number of para-hydroxylation sites is 2. The van der Waals surface area contributed by atoms with Gasteiger partial charge in [0.2, 0.25) is 0 Å². The summed E-state index contributed by atoms with van der Waals surface area (Å²) in [6.45, 7) is 1.93. The number of aliphatic imine (C=N–C) groups is 1. The van der Waals surface area contributed by atoms with E-state index in [-0.39, 0.29) is 11.9 Å². The number of nitrogens with zero attached hydrogens (tertiary/aromatic N) is 4. The summed E-state index contributed by atoms with van der Waals surface area (Å²) in [6.07, 6.45) is 6.24.